The molecule has 6 nitrogen and oxygen atoms in total. The molecule has 1 N–H and O–H groups in total. The zero-order valence-electron chi connectivity index (χ0n) is 13.1. The van der Waals surface area contributed by atoms with E-state index in [0.29, 0.717) is 23.7 Å². The Morgan fingerprint density at radius 1 is 1.21 bits per heavy atom. The molecule has 0 aliphatic carbocycles. The van der Waals surface area contributed by atoms with Gasteiger partial charge in [0.25, 0.3) is 0 Å². The van der Waals surface area contributed by atoms with E-state index in [1.54, 1.807) is 11.7 Å². The number of carbonyl (C=O) groups excluding carboxylic acids is 1. The second-order valence-corrected chi connectivity index (χ2v) is 5.82. The molecule has 3 rings (SSSR count). The van der Waals surface area contributed by atoms with Crippen LogP contribution in [0.5, 0.6) is 0 Å². The van der Waals surface area contributed by atoms with Gasteiger partial charge in [0.15, 0.2) is 5.82 Å². The van der Waals surface area contributed by atoms with Gasteiger partial charge >= 0.3 is 0 Å². The molecule has 1 amide bonds. The number of hydrogen-bond acceptors (Lipinski definition) is 4. The molecule has 0 aliphatic heterocycles. The van der Waals surface area contributed by atoms with E-state index in [1.165, 1.54) is 0 Å². The Morgan fingerprint density at radius 3 is 2.71 bits per heavy atom. The lowest BCUT2D eigenvalue weighted by molar-refractivity contribution is -0.116. The van der Waals surface area contributed by atoms with Gasteiger partial charge in [0.1, 0.15) is 0 Å². The van der Waals surface area contributed by atoms with Crippen LogP contribution < -0.4 is 5.32 Å². The van der Waals surface area contributed by atoms with E-state index in [4.69, 9.17) is 11.6 Å². The van der Waals surface area contributed by atoms with E-state index in [1.807, 2.05) is 48.5 Å². The minimum Gasteiger partial charge on any atom is -0.326 e. The summed E-state index contributed by atoms with van der Waals surface area (Å²) in [4.78, 5) is 12.1. The Balaban J connectivity index is 1.62. The summed E-state index contributed by atoms with van der Waals surface area (Å²) in [7, 11) is 1.77. The predicted molar refractivity (Wildman–Crippen MR) is 92.6 cm³/mol. The number of nitrogens with one attached hydrogen (secondary N) is 1. The average molecular weight is 342 g/mol. The van der Waals surface area contributed by atoms with Gasteiger partial charge in [0.05, 0.1) is 0 Å². The Kier molecular flexibility index (Phi) is 4.86. The summed E-state index contributed by atoms with van der Waals surface area (Å²) in [5.41, 5.74) is 2.64. The Hall–Kier alpha value is -2.73. The fourth-order valence-electron chi connectivity index (χ4n) is 2.34. The molecule has 0 saturated carbocycles. The molecule has 122 valence electrons. The molecule has 3 aromatic rings. The molecule has 24 heavy (non-hydrogen) atoms. The third-order valence-electron chi connectivity index (χ3n) is 3.58. The van der Waals surface area contributed by atoms with Crippen molar-refractivity contribution in [3.63, 3.8) is 0 Å². The van der Waals surface area contributed by atoms with Crippen molar-refractivity contribution in [1.29, 1.82) is 0 Å². The normalized spacial score (nSPS) is 10.6. The standard InChI is InChI=1S/C17H16ClN5O/c1-23-17(20-21-22-23)13-3-2-4-15(11-13)19-16(24)10-7-12-5-8-14(18)9-6-12/h2-6,8-9,11H,7,10H2,1H3,(H,19,24). The third-order valence-corrected chi connectivity index (χ3v) is 3.83. The number of benzene rings is 2. The highest BCUT2D eigenvalue weighted by Gasteiger charge is 2.08. The van der Waals surface area contributed by atoms with Crippen LogP contribution in [0.1, 0.15) is 12.0 Å². The van der Waals surface area contributed by atoms with Gasteiger partial charge in [-0.1, -0.05) is 35.9 Å². The number of tetrazole rings is 1. The van der Waals surface area contributed by atoms with Crippen LogP contribution in [0.15, 0.2) is 48.5 Å². The average Bonchev–Trinajstić information content (AvgIpc) is 3.01. The van der Waals surface area contributed by atoms with Crippen LogP contribution >= 0.6 is 11.6 Å². The van der Waals surface area contributed by atoms with E-state index in [-0.39, 0.29) is 5.91 Å². The molecule has 0 fully saturated rings. The molecule has 1 heterocycles. The minimum absolute atomic E-state index is 0.0433. The molecular formula is C17H16ClN5O. The number of amides is 1. The summed E-state index contributed by atoms with van der Waals surface area (Å²) in [6, 6.07) is 15.0. The number of anilines is 1. The fourth-order valence-corrected chi connectivity index (χ4v) is 2.47. The first-order valence-corrected chi connectivity index (χ1v) is 7.87. The second-order valence-electron chi connectivity index (χ2n) is 5.38. The largest absolute Gasteiger partial charge is 0.326 e. The maximum Gasteiger partial charge on any atom is 0.224 e. The smallest absolute Gasteiger partial charge is 0.224 e. The van der Waals surface area contributed by atoms with Gasteiger partial charge in [-0.3, -0.25) is 4.79 Å². The van der Waals surface area contributed by atoms with Crippen molar-refractivity contribution in [3.05, 3.63) is 59.1 Å². The SMILES string of the molecule is Cn1nnnc1-c1cccc(NC(=O)CCc2ccc(Cl)cc2)c1. The van der Waals surface area contributed by atoms with Crippen LogP contribution in [0.25, 0.3) is 11.4 Å². The minimum atomic E-state index is -0.0433. The first-order chi connectivity index (χ1) is 11.6. The summed E-state index contributed by atoms with van der Waals surface area (Å²) < 4.78 is 1.58. The number of halogens is 1. The monoisotopic (exact) mass is 341 g/mol. The van der Waals surface area contributed by atoms with Crippen LogP contribution in [0.4, 0.5) is 5.69 Å². The maximum absolute atomic E-state index is 12.1. The van der Waals surface area contributed by atoms with Gasteiger partial charge in [-0.05, 0) is 46.7 Å². The molecule has 0 atom stereocenters. The van der Waals surface area contributed by atoms with Gasteiger partial charge < -0.3 is 5.32 Å². The molecule has 0 saturated heterocycles. The molecule has 2 aromatic carbocycles. The van der Waals surface area contributed by atoms with Crippen molar-refractivity contribution in [2.24, 2.45) is 7.05 Å². The topological polar surface area (TPSA) is 72.7 Å². The lowest BCUT2D eigenvalue weighted by Crippen LogP contribution is -2.12. The highest BCUT2D eigenvalue weighted by atomic mass is 35.5. The number of aromatic nitrogens is 4. The van der Waals surface area contributed by atoms with Crippen LogP contribution in [-0.2, 0) is 18.3 Å². The molecule has 0 radical (unpaired) electrons. The maximum atomic E-state index is 12.1. The van der Waals surface area contributed by atoms with Crippen LogP contribution in [0.2, 0.25) is 5.02 Å². The van der Waals surface area contributed by atoms with Gasteiger partial charge in [-0.15, -0.1) is 5.10 Å². The van der Waals surface area contributed by atoms with E-state index >= 15 is 0 Å². The van der Waals surface area contributed by atoms with Crippen LogP contribution in [0, 0.1) is 0 Å². The van der Waals surface area contributed by atoms with Crippen molar-refractivity contribution in [2.75, 3.05) is 5.32 Å². The van der Waals surface area contributed by atoms with Gasteiger partial charge in [-0.2, -0.15) is 0 Å². The Labute approximate surface area is 144 Å². The number of hydrogen-bond donors (Lipinski definition) is 1. The van der Waals surface area contributed by atoms with Crippen LogP contribution in [0.3, 0.4) is 0 Å². The van der Waals surface area contributed by atoms with Crippen molar-refractivity contribution in [1.82, 2.24) is 20.2 Å². The van der Waals surface area contributed by atoms with Gasteiger partial charge in [0, 0.05) is 29.7 Å². The van der Waals surface area contributed by atoms with E-state index in [9.17, 15) is 4.79 Å². The number of rotatable bonds is 5. The van der Waals surface area contributed by atoms with Crippen LogP contribution in [-0.4, -0.2) is 26.1 Å². The lowest BCUT2D eigenvalue weighted by atomic mass is 10.1. The quantitative estimate of drug-likeness (QED) is 0.774. The summed E-state index contributed by atoms with van der Waals surface area (Å²) in [5.74, 6) is 0.602. The third kappa shape index (κ3) is 3.97. The highest BCUT2D eigenvalue weighted by Crippen LogP contribution is 2.20. The van der Waals surface area contributed by atoms with E-state index in [2.05, 4.69) is 20.8 Å². The Morgan fingerprint density at radius 2 is 2.00 bits per heavy atom. The number of nitrogens with zero attached hydrogens (tertiary/aromatic N) is 4. The summed E-state index contributed by atoms with van der Waals surface area (Å²) in [6.45, 7) is 0. The summed E-state index contributed by atoms with van der Waals surface area (Å²) in [6.07, 6.45) is 1.06. The summed E-state index contributed by atoms with van der Waals surface area (Å²) in [5, 5.41) is 15.0. The summed E-state index contributed by atoms with van der Waals surface area (Å²) >= 11 is 5.85. The van der Waals surface area contributed by atoms with E-state index < -0.39 is 0 Å². The van der Waals surface area contributed by atoms with Crippen molar-refractivity contribution >= 4 is 23.2 Å². The fraction of sp³-hybridized carbons (Fsp3) is 0.176. The molecule has 1 aromatic heterocycles. The number of carbonyl (C=O) groups is 1. The van der Waals surface area contributed by atoms with E-state index in [0.717, 1.165) is 16.8 Å². The number of aryl methyl sites for hydroxylation is 2. The second kappa shape index (κ2) is 7.23. The van der Waals surface area contributed by atoms with Gasteiger partial charge in [-0.25, -0.2) is 4.68 Å². The molecule has 7 heteroatoms. The molecule has 0 bridgehead atoms. The molecule has 0 spiro atoms. The predicted octanol–water partition coefficient (Wildman–Crippen LogP) is 3.10. The molecule has 0 unspecified atom stereocenters. The van der Waals surface area contributed by atoms with Crippen molar-refractivity contribution in [3.8, 4) is 11.4 Å². The Bertz CT molecular complexity index is 844. The first-order valence-electron chi connectivity index (χ1n) is 7.49. The highest BCUT2D eigenvalue weighted by molar-refractivity contribution is 6.30. The zero-order valence-corrected chi connectivity index (χ0v) is 13.9. The molecular weight excluding hydrogens is 326 g/mol. The van der Waals surface area contributed by atoms with Crippen molar-refractivity contribution in [2.45, 2.75) is 12.8 Å². The lowest BCUT2D eigenvalue weighted by Gasteiger charge is -2.07. The molecule has 0 aliphatic rings. The van der Waals surface area contributed by atoms with Crippen molar-refractivity contribution < 1.29 is 4.79 Å². The first kappa shape index (κ1) is 16.1. The zero-order chi connectivity index (χ0) is 16.9. The van der Waals surface area contributed by atoms with Gasteiger partial charge in [0.2, 0.25) is 5.91 Å².